The third kappa shape index (κ3) is 3.13. The van der Waals surface area contributed by atoms with Gasteiger partial charge in [-0.2, -0.15) is 4.98 Å². The van der Waals surface area contributed by atoms with Gasteiger partial charge in [-0.15, -0.1) is 0 Å². The molecule has 1 heterocycles. The molecule has 0 amide bonds. The molecule has 0 atom stereocenters. The van der Waals surface area contributed by atoms with Crippen LogP contribution >= 0.6 is 15.9 Å². The molecule has 0 N–H and O–H groups in total. The number of fused-ring (bicyclic) bond motifs is 1. The normalized spacial score (nSPS) is 10.6. The molecular weight excluding hydrogens is 330 g/mol. The molecule has 3 rings (SSSR count). The Hall–Kier alpha value is -2.14. The quantitative estimate of drug-likeness (QED) is 0.712. The molecule has 0 saturated carbocycles. The molecule has 0 bridgehead atoms. The van der Waals surface area contributed by atoms with E-state index in [0.29, 0.717) is 11.8 Å². The van der Waals surface area contributed by atoms with Gasteiger partial charge in [-0.25, -0.2) is 4.98 Å². The molecule has 106 valence electrons. The second kappa shape index (κ2) is 5.69. The summed E-state index contributed by atoms with van der Waals surface area (Å²) in [5.41, 5.74) is 0. The van der Waals surface area contributed by atoms with Gasteiger partial charge in [0.15, 0.2) is 0 Å². The summed E-state index contributed by atoms with van der Waals surface area (Å²) in [6.45, 7) is 0. The van der Waals surface area contributed by atoms with Crippen molar-refractivity contribution >= 4 is 32.7 Å². The van der Waals surface area contributed by atoms with Crippen LogP contribution in [0.15, 0.2) is 53.1 Å². The first-order valence-electron chi connectivity index (χ1n) is 6.49. The van der Waals surface area contributed by atoms with Crippen LogP contribution < -0.4 is 9.64 Å². The molecule has 21 heavy (non-hydrogen) atoms. The predicted molar refractivity (Wildman–Crippen MR) is 88.1 cm³/mol. The van der Waals surface area contributed by atoms with E-state index in [1.165, 1.54) is 0 Å². The molecule has 0 aliphatic rings. The van der Waals surface area contributed by atoms with Crippen LogP contribution in [0.2, 0.25) is 0 Å². The van der Waals surface area contributed by atoms with Crippen molar-refractivity contribution in [2.45, 2.75) is 0 Å². The Kier molecular flexibility index (Phi) is 3.75. The first-order valence-corrected chi connectivity index (χ1v) is 7.29. The molecule has 0 fully saturated rings. The van der Waals surface area contributed by atoms with Crippen molar-refractivity contribution in [3.05, 3.63) is 53.1 Å². The predicted octanol–water partition coefficient (Wildman–Crippen LogP) is 4.25. The van der Waals surface area contributed by atoms with E-state index in [2.05, 4.69) is 38.0 Å². The van der Waals surface area contributed by atoms with Crippen LogP contribution in [0, 0.1) is 0 Å². The monoisotopic (exact) mass is 343 g/mol. The molecule has 0 spiro atoms. The first-order chi connectivity index (χ1) is 10.1. The molecule has 1 aromatic heterocycles. The van der Waals surface area contributed by atoms with E-state index in [1.54, 1.807) is 12.3 Å². The summed E-state index contributed by atoms with van der Waals surface area (Å²) in [6.07, 6.45) is 1.69. The van der Waals surface area contributed by atoms with Crippen molar-refractivity contribution in [2.24, 2.45) is 0 Å². The highest BCUT2D eigenvalue weighted by Crippen LogP contribution is 2.27. The third-order valence-corrected chi connectivity index (χ3v) is 3.51. The van der Waals surface area contributed by atoms with Crippen molar-refractivity contribution in [3.8, 4) is 11.6 Å². The number of rotatable bonds is 3. The minimum Gasteiger partial charge on any atom is -0.439 e. The summed E-state index contributed by atoms with van der Waals surface area (Å²) in [5, 5.41) is 2.28. The Balaban J connectivity index is 1.91. The number of hydrogen-bond acceptors (Lipinski definition) is 4. The first kappa shape index (κ1) is 13.8. The van der Waals surface area contributed by atoms with Gasteiger partial charge < -0.3 is 9.64 Å². The lowest BCUT2D eigenvalue weighted by atomic mass is 10.1. The lowest BCUT2D eigenvalue weighted by molar-refractivity contribution is 0.462. The van der Waals surface area contributed by atoms with E-state index in [-0.39, 0.29) is 0 Å². The van der Waals surface area contributed by atoms with Gasteiger partial charge in [0.2, 0.25) is 11.8 Å². The van der Waals surface area contributed by atoms with Crippen molar-refractivity contribution in [3.63, 3.8) is 0 Å². The lowest BCUT2D eigenvalue weighted by Crippen LogP contribution is -2.12. The number of anilines is 1. The molecule has 4 nitrogen and oxygen atoms in total. The van der Waals surface area contributed by atoms with Gasteiger partial charge in [0.25, 0.3) is 0 Å². The summed E-state index contributed by atoms with van der Waals surface area (Å²) < 4.78 is 6.88. The smallest absolute Gasteiger partial charge is 0.228 e. The number of nitrogens with zero attached hydrogens (tertiary/aromatic N) is 3. The van der Waals surface area contributed by atoms with Crippen molar-refractivity contribution < 1.29 is 4.74 Å². The van der Waals surface area contributed by atoms with Gasteiger partial charge in [-0.3, -0.25) is 0 Å². The van der Waals surface area contributed by atoms with Crippen LogP contribution in [0.5, 0.6) is 11.6 Å². The van der Waals surface area contributed by atoms with E-state index in [4.69, 9.17) is 4.74 Å². The number of aromatic nitrogens is 2. The average molecular weight is 344 g/mol. The van der Waals surface area contributed by atoms with Crippen LogP contribution in [0.4, 0.5) is 5.95 Å². The Morgan fingerprint density at radius 2 is 1.76 bits per heavy atom. The van der Waals surface area contributed by atoms with Crippen molar-refractivity contribution in [1.82, 2.24) is 9.97 Å². The fourth-order valence-corrected chi connectivity index (χ4v) is 2.36. The summed E-state index contributed by atoms with van der Waals surface area (Å²) in [7, 11) is 3.79. The van der Waals surface area contributed by atoms with E-state index < -0.39 is 0 Å². The summed E-state index contributed by atoms with van der Waals surface area (Å²) in [6, 6.07) is 13.9. The second-order valence-electron chi connectivity index (χ2n) is 4.84. The highest BCUT2D eigenvalue weighted by molar-refractivity contribution is 9.10. The van der Waals surface area contributed by atoms with E-state index in [1.807, 2.05) is 43.3 Å². The Morgan fingerprint density at radius 1 is 1.00 bits per heavy atom. The van der Waals surface area contributed by atoms with Crippen molar-refractivity contribution in [2.75, 3.05) is 19.0 Å². The summed E-state index contributed by atoms with van der Waals surface area (Å²) >= 11 is 3.47. The molecule has 2 aromatic carbocycles. The second-order valence-corrected chi connectivity index (χ2v) is 5.76. The number of ether oxygens (including phenoxy) is 1. The molecule has 0 saturated heterocycles. The van der Waals surface area contributed by atoms with Crippen LogP contribution in [0.3, 0.4) is 0 Å². The average Bonchev–Trinajstić information content (AvgIpc) is 2.48. The lowest BCUT2D eigenvalue weighted by Gasteiger charge is -2.11. The van der Waals surface area contributed by atoms with E-state index in [9.17, 15) is 0 Å². The Morgan fingerprint density at radius 3 is 2.57 bits per heavy atom. The molecular formula is C16H14BrN3O. The maximum absolute atomic E-state index is 5.82. The van der Waals surface area contributed by atoms with Gasteiger partial charge in [0.05, 0.1) is 0 Å². The SMILES string of the molecule is CN(C)c1nccc(Oc2ccc3cc(Br)ccc3c2)n1. The maximum atomic E-state index is 5.82. The molecule has 0 aliphatic heterocycles. The van der Waals surface area contributed by atoms with E-state index in [0.717, 1.165) is 21.0 Å². The van der Waals surface area contributed by atoms with E-state index >= 15 is 0 Å². The van der Waals surface area contributed by atoms with Crippen LogP contribution in [0.25, 0.3) is 10.8 Å². The number of halogens is 1. The van der Waals surface area contributed by atoms with Gasteiger partial charge in [-0.1, -0.05) is 28.1 Å². The zero-order chi connectivity index (χ0) is 14.8. The minimum atomic E-state index is 0.533. The summed E-state index contributed by atoms with van der Waals surface area (Å²) in [5.74, 6) is 1.91. The van der Waals surface area contributed by atoms with Crippen LogP contribution in [-0.2, 0) is 0 Å². The fraction of sp³-hybridized carbons (Fsp3) is 0.125. The van der Waals surface area contributed by atoms with Crippen molar-refractivity contribution in [1.29, 1.82) is 0 Å². The van der Waals surface area contributed by atoms with Crippen LogP contribution in [0.1, 0.15) is 0 Å². The van der Waals surface area contributed by atoms with Gasteiger partial charge >= 0.3 is 0 Å². The Labute approximate surface area is 131 Å². The van der Waals surface area contributed by atoms with Gasteiger partial charge in [-0.05, 0) is 35.0 Å². The molecule has 0 aliphatic carbocycles. The number of benzene rings is 2. The molecule has 5 heteroatoms. The van der Waals surface area contributed by atoms with Crippen LogP contribution in [-0.4, -0.2) is 24.1 Å². The third-order valence-electron chi connectivity index (χ3n) is 3.01. The largest absolute Gasteiger partial charge is 0.439 e. The topological polar surface area (TPSA) is 38.2 Å². The zero-order valence-electron chi connectivity index (χ0n) is 11.7. The summed E-state index contributed by atoms with van der Waals surface area (Å²) in [4.78, 5) is 10.4. The molecule has 3 aromatic rings. The fourth-order valence-electron chi connectivity index (χ4n) is 1.98. The number of hydrogen-bond donors (Lipinski definition) is 0. The van der Waals surface area contributed by atoms with Gasteiger partial charge in [0, 0.05) is 30.8 Å². The van der Waals surface area contributed by atoms with Gasteiger partial charge in [0.1, 0.15) is 5.75 Å². The maximum Gasteiger partial charge on any atom is 0.228 e. The molecule has 0 radical (unpaired) electrons. The molecule has 0 unspecified atom stereocenters. The highest BCUT2D eigenvalue weighted by atomic mass is 79.9. The Bertz CT molecular complexity index is 789. The zero-order valence-corrected chi connectivity index (χ0v) is 13.3. The highest BCUT2D eigenvalue weighted by Gasteiger charge is 2.04. The standard InChI is InChI=1S/C16H14BrN3O/c1-20(2)16-18-8-7-15(19-16)21-14-6-4-11-9-13(17)5-3-12(11)10-14/h3-10H,1-2H3. The minimum absolute atomic E-state index is 0.533.